The first-order valence-corrected chi connectivity index (χ1v) is 4.69. The van der Waals surface area contributed by atoms with Crippen LogP contribution >= 0.6 is 15.9 Å². The highest BCUT2D eigenvalue weighted by Gasteiger charge is 2.27. The van der Waals surface area contributed by atoms with Gasteiger partial charge < -0.3 is 10.5 Å². The van der Waals surface area contributed by atoms with Crippen molar-refractivity contribution in [2.24, 2.45) is 5.73 Å². The Morgan fingerprint density at radius 3 is 3.00 bits per heavy atom. The van der Waals surface area contributed by atoms with Gasteiger partial charge in [0.2, 0.25) is 0 Å². The number of halogens is 1. The third-order valence-electron chi connectivity index (χ3n) is 2.15. The molecule has 0 bridgehead atoms. The Bertz CT molecular complexity index is 313. The van der Waals surface area contributed by atoms with Crippen molar-refractivity contribution >= 4 is 15.9 Å². The first-order chi connectivity index (χ1) is 5.68. The highest BCUT2D eigenvalue weighted by Crippen LogP contribution is 2.36. The summed E-state index contributed by atoms with van der Waals surface area (Å²) in [5.74, 6) is 0.907. The molecule has 2 atom stereocenters. The minimum absolute atomic E-state index is 0.0214. The average Bonchev–Trinajstić information content (AvgIpc) is 2.28. The molecule has 2 N–H and O–H groups in total. The van der Waals surface area contributed by atoms with Gasteiger partial charge in [-0.1, -0.05) is 22.0 Å². The molecule has 12 heavy (non-hydrogen) atoms. The fourth-order valence-corrected chi connectivity index (χ4v) is 1.75. The van der Waals surface area contributed by atoms with Crippen LogP contribution in [0.4, 0.5) is 0 Å². The molecule has 1 aromatic carbocycles. The molecule has 1 heterocycles. The maximum atomic E-state index is 5.90. The van der Waals surface area contributed by atoms with Crippen molar-refractivity contribution in [1.29, 1.82) is 0 Å². The van der Waals surface area contributed by atoms with Crippen LogP contribution in [0.15, 0.2) is 22.7 Å². The van der Waals surface area contributed by atoms with E-state index in [1.54, 1.807) is 0 Å². The Kier molecular flexibility index (Phi) is 1.85. The molecular formula is C9H10BrNO. The molecule has 1 aliphatic rings. The van der Waals surface area contributed by atoms with Gasteiger partial charge in [0.05, 0.1) is 6.04 Å². The number of nitrogens with two attached hydrogens (primary N) is 1. The van der Waals surface area contributed by atoms with Crippen LogP contribution in [0.25, 0.3) is 0 Å². The van der Waals surface area contributed by atoms with E-state index in [-0.39, 0.29) is 12.1 Å². The molecule has 0 saturated carbocycles. The van der Waals surface area contributed by atoms with E-state index in [1.165, 1.54) is 0 Å². The summed E-state index contributed by atoms with van der Waals surface area (Å²) in [4.78, 5) is 0. The van der Waals surface area contributed by atoms with E-state index < -0.39 is 0 Å². The molecule has 3 heteroatoms. The summed E-state index contributed by atoms with van der Waals surface area (Å²) in [6.45, 7) is 1.98. The first kappa shape index (κ1) is 8.08. The summed E-state index contributed by atoms with van der Waals surface area (Å²) in [5, 5.41) is 0. The lowest BCUT2D eigenvalue weighted by Gasteiger charge is -2.07. The second-order valence-electron chi connectivity index (χ2n) is 3.03. The van der Waals surface area contributed by atoms with Crippen molar-refractivity contribution in [3.8, 4) is 5.75 Å². The molecule has 0 amide bonds. The Morgan fingerprint density at radius 1 is 1.50 bits per heavy atom. The SMILES string of the molecule is CC1Oc2cc(Br)ccc2C1N. The van der Waals surface area contributed by atoms with Gasteiger partial charge in [-0.25, -0.2) is 0 Å². The van der Waals surface area contributed by atoms with E-state index in [0.29, 0.717) is 0 Å². The Labute approximate surface area is 79.8 Å². The monoisotopic (exact) mass is 227 g/mol. The molecule has 2 nitrogen and oxygen atoms in total. The second-order valence-corrected chi connectivity index (χ2v) is 3.95. The van der Waals surface area contributed by atoms with E-state index in [2.05, 4.69) is 15.9 Å². The van der Waals surface area contributed by atoms with Crippen molar-refractivity contribution in [2.45, 2.75) is 19.1 Å². The zero-order valence-corrected chi connectivity index (χ0v) is 8.34. The molecule has 2 rings (SSSR count). The Hall–Kier alpha value is -0.540. The lowest BCUT2D eigenvalue weighted by molar-refractivity contribution is 0.228. The zero-order valence-electron chi connectivity index (χ0n) is 6.75. The second kappa shape index (κ2) is 2.75. The molecular weight excluding hydrogens is 218 g/mol. The van der Waals surface area contributed by atoms with Crippen LogP contribution in [-0.4, -0.2) is 6.10 Å². The van der Waals surface area contributed by atoms with Gasteiger partial charge in [-0.3, -0.25) is 0 Å². The molecule has 1 aliphatic heterocycles. The molecule has 1 aromatic rings. The number of hydrogen-bond donors (Lipinski definition) is 1. The fraction of sp³-hybridized carbons (Fsp3) is 0.333. The molecule has 0 fully saturated rings. The average molecular weight is 228 g/mol. The standard InChI is InChI=1S/C9H10BrNO/c1-5-9(11)7-3-2-6(10)4-8(7)12-5/h2-5,9H,11H2,1H3. The maximum Gasteiger partial charge on any atom is 0.125 e. The Morgan fingerprint density at radius 2 is 2.25 bits per heavy atom. The highest BCUT2D eigenvalue weighted by molar-refractivity contribution is 9.10. The molecule has 0 aromatic heterocycles. The number of rotatable bonds is 0. The van der Waals surface area contributed by atoms with Crippen molar-refractivity contribution in [2.75, 3.05) is 0 Å². The predicted molar refractivity (Wildman–Crippen MR) is 51.2 cm³/mol. The molecule has 64 valence electrons. The highest BCUT2D eigenvalue weighted by atomic mass is 79.9. The molecule has 0 radical (unpaired) electrons. The van der Waals surface area contributed by atoms with E-state index in [9.17, 15) is 0 Å². The maximum absolute atomic E-state index is 5.90. The third-order valence-corrected chi connectivity index (χ3v) is 2.65. The summed E-state index contributed by atoms with van der Waals surface area (Å²) in [6.07, 6.45) is 0.0919. The topological polar surface area (TPSA) is 35.2 Å². The number of fused-ring (bicyclic) bond motifs is 1. The van der Waals surface area contributed by atoms with Crippen LogP contribution < -0.4 is 10.5 Å². The Balaban J connectivity index is 2.47. The van der Waals surface area contributed by atoms with Gasteiger partial charge in [-0.15, -0.1) is 0 Å². The van der Waals surface area contributed by atoms with Gasteiger partial charge >= 0.3 is 0 Å². The van der Waals surface area contributed by atoms with Gasteiger partial charge in [-0.05, 0) is 19.1 Å². The quantitative estimate of drug-likeness (QED) is 0.738. The lowest BCUT2D eigenvalue weighted by Crippen LogP contribution is -2.21. The zero-order chi connectivity index (χ0) is 8.72. The van der Waals surface area contributed by atoms with Crippen LogP contribution in [0.2, 0.25) is 0 Å². The largest absolute Gasteiger partial charge is 0.488 e. The molecule has 0 saturated heterocycles. The summed E-state index contributed by atoms with van der Waals surface area (Å²) < 4.78 is 6.58. The van der Waals surface area contributed by atoms with Gasteiger partial charge in [-0.2, -0.15) is 0 Å². The summed E-state index contributed by atoms with van der Waals surface area (Å²) in [6, 6.07) is 5.97. The summed E-state index contributed by atoms with van der Waals surface area (Å²) in [5.41, 5.74) is 7.00. The number of hydrogen-bond acceptors (Lipinski definition) is 2. The van der Waals surface area contributed by atoms with Crippen LogP contribution in [0.5, 0.6) is 5.75 Å². The van der Waals surface area contributed by atoms with Gasteiger partial charge in [0.1, 0.15) is 11.9 Å². The van der Waals surface area contributed by atoms with Gasteiger partial charge in [0, 0.05) is 10.0 Å². The lowest BCUT2D eigenvalue weighted by atomic mass is 10.1. The van der Waals surface area contributed by atoms with Crippen LogP contribution in [0.3, 0.4) is 0 Å². The van der Waals surface area contributed by atoms with Crippen LogP contribution in [0.1, 0.15) is 18.5 Å². The first-order valence-electron chi connectivity index (χ1n) is 3.90. The number of ether oxygens (including phenoxy) is 1. The summed E-state index contributed by atoms with van der Waals surface area (Å²) in [7, 11) is 0. The van der Waals surface area contributed by atoms with Crippen molar-refractivity contribution < 1.29 is 4.74 Å². The fourth-order valence-electron chi connectivity index (χ4n) is 1.41. The predicted octanol–water partition coefficient (Wildman–Crippen LogP) is 2.23. The smallest absolute Gasteiger partial charge is 0.125 e. The normalized spacial score (nSPS) is 26.6. The summed E-state index contributed by atoms with van der Waals surface area (Å²) >= 11 is 3.38. The van der Waals surface area contributed by atoms with Crippen molar-refractivity contribution in [1.82, 2.24) is 0 Å². The van der Waals surface area contributed by atoms with Crippen LogP contribution in [-0.2, 0) is 0 Å². The minimum Gasteiger partial charge on any atom is -0.488 e. The molecule has 2 unspecified atom stereocenters. The van der Waals surface area contributed by atoms with E-state index in [1.807, 2.05) is 25.1 Å². The van der Waals surface area contributed by atoms with Crippen molar-refractivity contribution in [3.63, 3.8) is 0 Å². The van der Waals surface area contributed by atoms with E-state index in [4.69, 9.17) is 10.5 Å². The van der Waals surface area contributed by atoms with Gasteiger partial charge in [0.15, 0.2) is 0 Å². The molecule has 0 aliphatic carbocycles. The third kappa shape index (κ3) is 1.13. The van der Waals surface area contributed by atoms with E-state index >= 15 is 0 Å². The van der Waals surface area contributed by atoms with Crippen molar-refractivity contribution in [3.05, 3.63) is 28.2 Å². The number of benzene rings is 1. The molecule has 0 spiro atoms. The van der Waals surface area contributed by atoms with E-state index in [0.717, 1.165) is 15.8 Å². The van der Waals surface area contributed by atoms with Crippen LogP contribution in [0, 0.1) is 0 Å². The van der Waals surface area contributed by atoms with Gasteiger partial charge in [0.25, 0.3) is 0 Å². The minimum atomic E-state index is 0.0214.